The molecule has 0 aliphatic heterocycles. The van der Waals surface area contributed by atoms with E-state index in [0.29, 0.717) is 10.7 Å². The largest absolute Gasteiger partial charge is 0.352 e. The van der Waals surface area contributed by atoms with Crippen molar-refractivity contribution in [2.24, 2.45) is 5.92 Å². The van der Waals surface area contributed by atoms with Crippen LogP contribution in [-0.4, -0.2) is 33.2 Å². The number of anilines is 1. The maximum absolute atomic E-state index is 12.0. The van der Waals surface area contributed by atoms with Gasteiger partial charge in [0.2, 0.25) is 15.9 Å². The molecule has 1 N–H and O–H groups in total. The van der Waals surface area contributed by atoms with Gasteiger partial charge in [-0.1, -0.05) is 31.5 Å². The highest BCUT2D eigenvalue weighted by Gasteiger charge is 2.22. The van der Waals surface area contributed by atoms with Crippen LogP contribution in [0.2, 0.25) is 5.02 Å². The number of halogens is 1. The quantitative estimate of drug-likeness (QED) is 0.869. The zero-order valence-electron chi connectivity index (χ0n) is 12.6. The molecular weight excluding hydrogens is 312 g/mol. The maximum Gasteiger partial charge on any atom is 0.240 e. The van der Waals surface area contributed by atoms with Gasteiger partial charge in [0.25, 0.3) is 0 Å². The van der Waals surface area contributed by atoms with Gasteiger partial charge in [-0.2, -0.15) is 0 Å². The van der Waals surface area contributed by atoms with Gasteiger partial charge < -0.3 is 5.32 Å². The van der Waals surface area contributed by atoms with Gasteiger partial charge in [-0.15, -0.1) is 0 Å². The molecule has 7 heteroatoms. The molecule has 5 nitrogen and oxygen atoms in total. The summed E-state index contributed by atoms with van der Waals surface area (Å²) in [5.74, 6) is -0.0756. The van der Waals surface area contributed by atoms with Crippen molar-refractivity contribution < 1.29 is 13.2 Å². The molecule has 0 aliphatic rings. The van der Waals surface area contributed by atoms with Crippen LogP contribution in [0, 0.1) is 5.92 Å². The van der Waals surface area contributed by atoms with Gasteiger partial charge in [-0.05, 0) is 31.0 Å². The third kappa shape index (κ3) is 5.55. The molecule has 1 amide bonds. The van der Waals surface area contributed by atoms with Gasteiger partial charge in [0, 0.05) is 11.1 Å². The predicted molar refractivity (Wildman–Crippen MR) is 86.1 cm³/mol. The van der Waals surface area contributed by atoms with Gasteiger partial charge in [0.1, 0.15) is 6.54 Å². The number of benzene rings is 1. The summed E-state index contributed by atoms with van der Waals surface area (Å²) in [6.07, 6.45) is 1.06. The van der Waals surface area contributed by atoms with Crippen LogP contribution in [0.25, 0.3) is 0 Å². The van der Waals surface area contributed by atoms with Crippen LogP contribution in [0.15, 0.2) is 24.3 Å². The second-order valence-corrected chi connectivity index (χ2v) is 7.69. The molecule has 0 radical (unpaired) electrons. The first-order valence-corrected chi connectivity index (χ1v) is 8.86. The number of nitrogens with one attached hydrogen (secondary N) is 1. The van der Waals surface area contributed by atoms with E-state index in [1.807, 2.05) is 20.8 Å². The molecule has 1 aromatic carbocycles. The number of sulfonamides is 1. The minimum absolute atomic E-state index is 0.0294. The van der Waals surface area contributed by atoms with Gasteiger partial charge in [0.05, 0.1) is 11.9 Å². The summed E-state index contributed by atoms with van der Waals surface area (Å²) in [6, 6.07) is 6.38. The number of nitrogens with zero attached hydrogens (tertiary/aromatic N) is 1. The second kappa shape index (κ2) is 7.13. The smallest absolute Gasteiger partial charge is 0.240 e. The summed E-state index contributed by atoms with van der Waals surface area (Å²) in [7, 11) is -3.57. The van der Waals surface area contributed by atoms with Crippen molar-refractivity contribution in [1.29, 1.82) is 0 Å². The predicted octanol–water partition coefficient (Wildman–Crippen LogP) is 2.27. The van der Waals surface area contributed by atoms with Crippen molar-refractivity contribution in [2.75, 3.05) is 17.1 Å². The molecule has 1 atom stereocenters. The van der Waals surface area contributed by atoms with E-state index in [-0.39, 0.29) is 24.4 Å². The Hall–Kier alpha value is -1.27. The van der Waals surface area contributed by atoms with Crippen molar-refractivity contribution in [2.45, 2.75) is 26.8 Å². The number of hydrogen-bond acceptors (Lipinski definition) is 3. The first-order valence-electron chi connectivity index (χ1n) is 6.64. The van der Waals surface area contributed by atoms with Crippen LogP contribution in [0.1, 0.15) is 20.8 Å². The summed E-state index contributed by atoms with van der Waals surface area (Å²) in [4.78, 5) is 12.0. The van der Waals surface area contributed by atoms with Gasteiger partial charge in [-0.3, -0.25) is 9.10 Å². The molecule has 1 aromatic rings. The molecule has 0 heterocycles. The van der Waals surface area contributed by atoms with Crippen LogP contribution in [0.3, 0.4) is 0 Å². The van der Waals surface area contributed by atoms with Gasteiger partial charge >= 0.3 is 0 Å². The third-order valence-electron chi connectivity index (χ3n) is 3.17. The summed E-state index contributed by atoms with van der Waals surface area (Å²) in [5.41, 5.74) is 0.373. The SMILES string of the molecule is CC(C)[C@H](C)NC(=O)CN(c1cccc(Cl)c1)S(C)(=O)=O. The van der Waals surface area contributed by atoms with E-state index in [4.69, 9.17) is 11.6 Å². The lowest BCUT2D eigenvalue weighted by Gasteiger charge is -2.24. The highest BCUT2D eigenvalue weighted by Crippen LogP contribution is 2.21. The summed E-state index contributed by atoms with van der Waals surface area (Å²) >= 11 is 5.88. The number of carbonyl (C=O) groups excluding carboxylic acids is 1. The highest BCUT2D eigenvalue weighted by atomic mass is 35.5. The molecule has 0 saturated carbocycles. The van der Waals surface area contributed by atoms with Crippen LogP contribution >= 0.6 is 11.6 Å². The molecule has 1 rings (SSSR count). The minimum Gasteiger partial charge on any atom is -0.352 e. The van der Waals surface area contributed by atoms with E-state index in [1.165, 1.54) is 6.07 Å². The Kier molecular flexibility index (Phi) is 6.04. The van der Waals surface area contributed by atoms with Crippen molar-refractivity contribution in [3.63, 3.8) is 0 Å². The van der Waals surface area contributed by atoms with Crippen molar-refractivity contribution in [3.8, 4) is 0 Å². The average molecular weight is 333 g/mol. The minimum atomic E-state index is -3.57. The van der Waals surface area contributed by atoms with Crippen molar-refractivity contribution in [3.05, 3.63) is 29.3 Å². The van der Waals surface area contributed by atoms with Gasteiger partial charge in [-0.25, -0.2) is 8.42 Å². The number of amides is 1. The summed E-state index contributed by atoms with van der Waals surface area (Å²) in [5, 5.41) is 3.20. The second-order valence-electron chi connectivity index (χ2n) is 5.35. The first kappa shape index (κ1) is 17.8. The molecule has 0 saturated heterocycles. The Balaban J connectivity index is 2.94. The Morgan fingerprint density at radius 1 is 1.33 bits per heavy atom. The Morgan fingerprint density at radius 3 is 2.43 bits per heavy atom. The lowest BCUT2D eigenvalue weighted by Crippen LogP contribution is -2.44. The van der Waals surface area contributed by atoms with E-state index < -0.39 is 10.0 Å². The number of carbonyl (C=O) groups is 1. The van der Waals surface area contributed by atoms with Gasteiger partial charge in [0.15, 0.2) is 0 Å². The summed E-state index contributed by atoms with van der Waals surface area (Å²) in [6.45, 7) is 5.58. The lowest BCUT2D eigenvalue weighted by atomic mass is 10.1. The fourth-order valence-corrected chi connectivity index (χ4v) is 2.66. The molecule has 21 heavy (non-hydrogen) atoms. The number of rotatable bonds is 6. The third-order valence-corrected chi connectivity index (χ3v) is 4.55. The standard InChI is InChI=1S/C14H21ClN2O3S/c1-10(2)11(3)16-14(18)9-17(21(4,19)20)13-7-5-6-12(15)8-13/h5-8,10-11H,9H2,1-4H3,(H,16,18)/t11-/m0/s1. The van der Waals surface area contributed by atoms with E-state index in [2.05, 4.69) is 5.32 Å². The Bertz CT molecular complexity index is 602. The first-order chi connectivity index (χ1) is 9.61. The average Bonchev–Trinajstić information content (AvgIpc) is 2.34. The fourth-order valence-electron chi connectivity index (χ4n) is 1.63. The molecular formula is C14H21ClN2O3S. The Morgan fingerprint density at radius 2 is 1.95 bits per heavy atom. The van der Waals surface area contributed by atoms with Crippen LogP contribution in [-0.2, 0) is 14.8 Å². The fraction of sp³-hybridized carbons (Fsp3) is 0.500. The van der Waals surface area contributed by atoms with Crippen molar-refractivity contribution in [1.82, 2.24) is 5.32 Å². The van der Waals surface area contributed by atoms with E-state index in [9.17, 15) is 13.2 Å². The number of hydrogen-bond donors (Lipinski definition) is 1. The zero-order valence-corrected chi connectivity index (χ0v) is 14.2. The van der Waals surface area contributed by atoms with E-state index >= 15 is 0 Å². The molecule has 0 bridgehead atoms. The molecule has 0 aromatic heterocycles. The topological polar surface area (TPSA) is 66.5 Å². The van der Waals surface area contributed by atoms with E-state index in [0.717, 1.165) is 10.6 Å². The normalized spacial score (nSPS) is 13.0. The molecule has 118 valence electrons. The molecule has 0 fully saturated rings. The summed E-state index contributed by atoms with van der Waals surface area (Å²) < 4.78 is 24.8. The monoisotopic (exact) mass is 332 g/mol. The van der Waals surface area contributed by atoms with Crippen LogP contribution < -0.4 is 9.62 Å². The maximum atomic E-state index is 12.0. The Labute approximate surface area is 131 Å². The van der Waals surface area contributed by atoms with Crippen LogP contribution in [0.5, 0.6) is 0 Å². The van der Waals surface area contributed by atoms with Crippen molar-refractivity contribution >= 4 is 33.2 Å². The molecule has 0 aliphatic carbocycles. The van der Waals surface area contributed by atoms with E-state index in [1.54, 1.807) is 18.2 Å². The lowest BCUT2D eigenvalue weighted by molar-refractivity contribution is -0.120. The molecule has 0 spiro atoms. The zero-order chi connectivity index (χ0) is 16.2. The molecule has 0 unspecified atom stereocenters. The highest BCUT2D eigenvalue weighted by molar-refractivity contribution is 7.92. The van der Waals surface area contributed by atoms with Crippen LogP contribution in [0.4, 0.5) is 5.69 Å².